The molecule has 1 saturated heterocycles. The number of pyridine rings is 1. The first-order valence-electron chi connectivity index (χ1n) is 10.3. The molecular formula is C23H21FN6O2. The zero-order chi connectivity index (χ0) is 22.2. The molecule has 5 rings (SSSR count). The fraction of sp³-hybridized carbons (Fsp3) is 0.261. The number of nitrogens with one attached hydrogen (secondary N) is 1. The van der Waals surface area contributed by atoms with E-state index in [1.165, 1.54) is 12.1 Å². The predicted octanol–water partition coefficient (Wildman–Crippen LogP) is 2.59. The van der Waals surface area contributed by atoms with Gasteiger partial charge in [-0.15, -0.1) is 0 Å². The maximum Gasteiger partial charge on any atom is 0.257 e. The van der Waals surface area contributed by atoms with Gasteiger partial charge in [-0.3, -0.25) is 9.78 Å². The number of piperazine rings is 1. The van der Waals surface area contributed by atoms with Crippen molar-refractivity contribution in [2.75, 3.05) is 44.7 Å². The average molecular weight is 432 g/mol. The van der Waals surface area contributed by atoms with Gasteiger partial charge in [0.05, 0.1) is 17.2 Å². The van der Waals surface area contributed by atoms with Crippen molar-refractivity contribution in [3.63, 3.8) is 0 Å². The number of rotatable bonds is 3. The molecule has 2 aliphatic rings. The third-order valence-corrected chi connectivity index (χ3v) is 5.77. The third kappa shape index (κ3) is 3.65. The van der Waals surface area contributed by atoms with Gasteiger partial charge < -0.3 is 19.2 Å². The van der Waals surface area contributed by atoms with Crippen LogP contribution in [0.2, 0.25) is 0 Å². The molecule has 1 amide bonds. The maximum absolute atomic E-state index is 13.8. The molecule has 8 nitrogen and oxygen atoms in total. The predicted molar refractivity (Wildman–Crippen MR) is 117 cm³/mol. The Bertz CT molecular complexity index is 1270. The number of anilines is 1. The van der Waals surface area contributed by atoms with Crippen molar-refractivity contribution < 1.29 is 13.6 Å². The highest BCUT2D eigenvalue weighted by molar-refractivity contribution is 6.04. The van der Waals surface area contributed by atoms with Crippen molar-refractivity contribution >= 4 is 28.3 Å². The highest BCUT2D eigenvalue weighted by Gasteiger charge is 2.26. The van der Waals surface area contributed by atoms with E-state index in [-0.39, 0.29) is 11.5 Å². The van der Waals surface area contributed by atoms with E-state index in [2.05, 4.69) is 10.4 Å². The van der Waals surface area contributed by atoms with E-state index in [9.17, 15) is 9.18 Å². The van der Waals surface area contributed by atoms with Crippen molar-refractivity contribution in [2.45, 2.75) is 0 Å². The molecular weight excluding hydrogens is 411 g/mol. The van der Waals surface area contributed by atoms with Gasteiger partial charge >= 0.3 is 0 Å². The number of carbonyl (C=O) groups is 1. The Morgan fingerprint density at radius 3 is 2.75 bits per heavy atom. The zero-order valence-electron chi connectivity index (χ0n) is 17.5. The van der Waals surface area contributed by atoms with E-state index in [0.29, 0.717) is 60.8 Å². The number of nitrogens with zero attached hydrogens (tertiary/aromatic N) is 5. The second-order valence-electron chi connectivity index (χ2n) is 7.87. The second kappa shape index (κ2) is 7.98. The van der Waals surface area contributed by atoms with E-state index in [1.807, 2.05) is 35.3 Å². The highest BCUT2D eigenvalue weighted by Crippen LogP contribution is 2.28. The number of nitriles is 1. The molecule has 0 spiro atoms. The molecule has 1 fully saturated rings. The molecule has 0 atom stereocenters. The summed E-state index contributed by atoms with van der Waals surface area (Å²) in [4.78, 5) is 21.4. The number of fused-ring (bicyclic) bond motifs is 1. The standard InChI is InChI=1S/C23H21FN6O2/c1-28-14-16(13-27-28)21-11-20-22(32-21)19(2-3-26-20)23(31)30-6-4-29(5-7-30)18-9-15(12-25)8-17(24)10-18/h2-3,8-11,14,27H,4-7,13H2,1H3. The van der Waals surface area contributed by atoms with E-state index >= 15 is 0 Å². The number of amides is 1. The minimum atomic E-state index is -0.441. The number of hydrogen-bond acceptors (Lipinski definition) is 7. The smallest absolute Gasteiger partial charge is 0.257 e. The van der Waals surface area contributed by atoms with Crippen LogP contribution in [0.1, 0.15) is 21.7 Å². The lowest BCUT2D eigenvalue weighted by Crippen LogP contribution is -2.48. The van der Waals surface area contributed by atoms with E-state index in [4.69, 9.17) is 9.68 Å². The molecule has 0 bridgehead atoms. The Balaban J connectivity index is 1.34. The number of hydrogen-bond donors (Lipinski definition) is 1. The fourth-order valence-corrected chi connectivity index (χ4v) is 4.11. The fourth-order valence-electron chi connectivity index (χ4n) is 4.11. The number of hydrazine groups is 1. The Hall–Kier alpha value is -3.90. The van der Waals surface area contributed by atoms with Crippen LogP contribution in [0.15, 0.2) is 47.1 Å². The molecule has 0 unspecified atom stereocenters. The van der Waals surface area contributed by atoms with E-state index in [0.717, 1.165) is 5.57 Å². The molecule has 1 aromatic carbocycles. The highest BCUT2D eigenvalue weighted by atomic mass is 19.1. The van der Waals surface area contributed by atoms with Gasteiger partial charge in [0.25, 0.3) is 5.91 Å². The van der Waals surface area contributed by atoms with Crippen LogP contribution in [0.4, 0.5) is 10.1 Å². The Labute approximate surface area is 184 Å². The van der Waals surface area contributed by atoms with Gasteiger partial charge in [-0.25, -0.2) is 9.82 Å². The summed E-state index contributed by atoms with van der Waals surface area (Å²) in [6.07, 6.45) is 3.57. The normalized spacial score (nSPS) is 16.4. The first-order valence-corrected chi connectivity index (χ1v) is 10.3. The molecule has 2 aromatic heterocycles. The van der Waals surface area contributed by atoms with E-state index < -0.39 is 5.82 Å². The molecule has 162 valence electrons. The second-order valence-corrected chi connectivity index (χ2v) is 7.87. The summed E-state index contributed by atoms with van der Waals surface area (Å²) in [7, 11) is 1.91. The maximum atomic E-state index is 13.8. The van der Waals surface area contributed by atoms with Crippen LogP contribution in [-0.2, 0) is 0 Å². The summed E-state index contributed by atoms with van der Waals surface area (Å²) in [6.45, 7) is 2.70. The van der Waals surface area contributed by atoms with Crippen LogP contribution in [0.5, 0.6) is 0 Å². The molecule has 32 heavy (non-hydrogen) atoms. The number of aromatic nitrogens is 1. The van der Waals surface area contributed by atoms with Gasteiger partial charge in [0, 0.05) is 69.5 Å². The molecule has 4 heterocycles. The van der Waals surface area contributed by atoms with Gasteiger partial charge in [0.15, 0.2) is 5.58 Å². The van der Waals surface area contributed by atoms with Crippen LogP contribution >= 0.6 is 0 Å². The van der Waals surface area contributed by atoms with Crippen LogP contribution in [0.3, 0.4) is 0 Å². The van der Waals surface area contributed by atoms with Gasteiger partial charge in [0.2, 0.25) is 0 Å². The summed E-state index contributed by atoms with van der Waals surface area (Å²) in [5, 5.41) is 10.9. The molecule has 9 heteroatoms. The zero-order valence-corrected chi connectivity index (χ0v) is 17.5. The molecule has 1 N–H and O–H groups in total. The van der Waals surface area contributed by atoms with Crippen molar-refractivity contribution in [3.8, 4) is 6.07 Å². The number of furan rings is 1. The summed E-state index contributed by atoms with van der Waals surface area (Å²) < 4.78 is 19.9. The van der Waals surface area contributed by atoms with Crippen molar-refractivity contribution in [1.29, 1.82) is 5.26 Å². The molecule has 0 saturated carbocycles. The first-order chi connectivity index (χ1) is 15.5. The van der Waals surface area contributed by atoms with Crippen molar-refractivity contribution in [3.05, 3.63) is 65.4 Å². The summed E-state index contributed by atoms with van der Waals surface area (Å²) >= 11 is 0. The summed E-state index contributed by atoms with van der Waals surface area (Å²) in [5.41, 5.74) is 6.70. The van der Waals surface area contributed by atoms with Gasteiger partial charge in [-0.1, -0.05) is 0 Å². The van der Waals surface area contributed by atoms with Gasteiger partial charge in [-0.2, -0.15) is 5.26 Å². The minimum absolute atomic E-state index is 0.120. The third-order valence-electron chi connectivity index (χ3n) is 5.77. The average Bonchev–Trinajstić information content (AvgIpc) is 3.44. The van der Waals surface area contributed by atoms with Gasteiger partial charge in [-0.05, 0) is 24.3 Å². The Morgan fingerprint density at radius 2 is 2.03 bits per heavy atom. The largest absolute Gasteiger partial charge is 0.454 e. The molecule has 2 aliphatic heterocycles. The van der Waals surface area contributed by atoms with E-state index in [1.54, 1.807) is 23.2 Å². The molecule has 0 radical (unpaired) electrons. The topological polar surface area (TPSA) is 88.6 Å². The summed E-state index contributed by atoms with van der Waals surface area (Å²) in [6, 6.07) is 9.82. The number of benzene rings is 1. The Kier molecular flexibility index (Phi) is 4.99. The Morgan fingerprint density at radius 1 is 1.22 bits per heavy atom. The summed E-state index contributed by atoms with van der Waals surface area (Å²) in [5.74, 6) is 0.128. The minimum Gasteiger partial charge on any atom is -0.454 e. The first kappa shape index (κ1) is 20.0. The number of halogens is 1. The lowest BCUT2D eigenvalue weighted by molar-refractivity contribution is 0.0747. The van der Waals surface area contributed by atoms with Crippen LogP contribution in [-0.4, -0.2) is 60.6 Å². The van der Waals surface area contributed by atoms with Gasteiger partial charge in [0.1, 0.15) is 17.1 Å². The lowest BCUT2D eigenvalue weighted by atomic mass is 10.1. The van der Waals surface area contributed by atoms with Crippen LogP contribution < -0.4 is 10.3 Å². The monoisotopic (exact) mass is 432 g/mol. The molecule has 3 aromatic rings. The quantitative estimate of drug-likeness (QED) is 0.681. The van der Waals surface area contributed by atoms with Crippen LogP contribution in [0.25, 0.3) is 16.7 Å². The number of carbonyl (C=O) groups excluding carboxylic acids is 1. The molecule has 0 aliphatic carbocycles. The van der Waals surface area contributed by atoms with Crippen LogP contribution in [0, 0.1) is 17.1 Å². The lowest BCUT2D eigenvalue weighted by Gasteiger charge is -2.36. The van der Waals surface area contributed by atoms with Crippen molar-refractivity contribution in [2.24, 2.45) is 0 Å². The van der Waals surface area contributed by atoms with Crippen molar-refractivity contribution in [1.82, 2.24) is 20.3 Å². The SMILES string of the molecule is CN1C=C(c2cc3nccc(C(=O)N4CCN(c5cc(F)cc(C#N)c5)CC4)c3o2)CN1.